The van der Waals surface area contributed by atoms with Crippen LogP contribution in [0.1, 0.15) is 29.2 Å². The minimum absolute atomic E-state index is 0.110. The van der Waals surface area contributed by atoms with Crippen LogP contribution in [-0.4, -0.2) is 11.0 Å². The fourth-order valence-corrected chi connectivity index (χ4v) is 2.92. The highest BCUT2D eigenvalue weighted by molar-refractivity contribution is 7.09. The third-order valence-corrected chi connectivity index (χ3v) is 4.19. The summed E-state index contributed by atoms with van der Waals surface area (Å²) in [7, 11) is 0. The van der Waals surface area contributed by atoms with E-state index in [1.807, 2.05) is 43.5 Å². The number of nitrogens with zero attached hydrogens (tertiary/aromatic N) is 1. The normalized spacial score (nSPS) is 12.3. The predicted molar refractivity (Wildman–Crippen MR) is 86.9 cm³/mol. The van der Waals surface area contributed by atoms with Gasteiger partial charge in [0.1, 0.15) is 5.58 Å². The Balaban J connectivity index is 1.55. The van der Waals surface area contributed by atoms with Gasteiger partial charge < -0.3 is 15.1 Å². The van der Waals surface area contributed by atoms with Gasteiger partial charge in [0, 0.05) is 17.3 Å². The molecule has 0 saturated heterocycles. The molecule has 2 heterocycles. The predicted octanol–water partition coefficient (Wildman–Crippen LogP) is 3.76. The number of benzene rings is 1. The molecule has 0 radical (unpaired) electrons. The number of hydrogen-bond acceptors (Lipinski definition) is 4. The van der Waals surface area contributed by atoms with Crippen LogP contribution in [0.2, 0.25) is 0 Å². The number of fused-ring (bicyclic) bond motifs is 1. The molecule has 3 rings (SSSR count). The summed E-state index contributed by atoms with van der Waals surface area (Å²) < 4.78 is 5.30. The van der Waals surface area contributed by atoms with Gasteiger partial charge in [-0.2, -0.15) is 0 Å². The van der Waals surface area contributed by atoms with Gasteiger partial charge in [0.15, 0.2) is 0 Å². The van der Waals surface area contributed by atoms with Crippen LogP contribution < -0.4 is 10.6 Å². The average Bonchev–Trinajstić information content (AvgIpc) is 3.13. The average molecular weight is 315 g/mol. The largest absolute Gasteiger partial charge is 0.464 e. The number of rotatable bonds is 4. The summed E-state index contributed by atoms with van der Waals surface area (Å²) in [5, 5.41) is 9.74. The van der Waals surface area contributed by atoms with Crippen molar-refractivity contribution in [1.29, 1.82) is 0 Å². The quantitative estimate of drug-likeness (QED) is 0.770. The molecule has 1 aromatic carbocycles. The van der Waals surface area contributed by atoms with Gasteiger partial charge in [0.05, 0.1) is 23.0 Å². The Bertz CT molecular complexity index is 793. The van der Waals surface area contributed by atoms with Crippen molar-refractivity contribution in [1.82, 2.24) is 15.6 Å². The van der Waals surface area contributed by atoms with Crippen molar-refractivity contribution in [3.8, 4) is 0 Å². The van der Waals surface area contributed by atoms with Gasteiger partial charge in [-0.1, -0.05) is 6.07 Å². The maximum atomic E-state index is 12.0. The Morgan fingerprint density at radius 2 is 2.27 bits per heavy atom. The van der Waals surface area contributed by atoms with Gasteiger partial charge in [-0.3, -0.25) is 0 Å². The van der Waals surface area contributed by atoms with E-state index < -0.39 is 0 Å². The molecule has 0 aliphatic heterocycles. The van der Waals surface area contributed by atoms with Crippen LogP contribution in [-0.2, 0) is 6.54 Å². The number of aromatic nitrogens is 1. The van der Waals surface area contributed by atoms with Gasteiger partial charge >= 0.3 is 6.03 Å². The van der Waals surface area contributed by atoms with Crippen molar-refractivity contribution in [2.45, 2.75) is 26.4 Å². The maximum Gasteiger partial charge on any atom is 0.315 e. The number of amides is 2. The van der Waals surface area contributed by atoms with Crippen LogP contribution in [0.15, 0.2) is 40.3 Å². The van der Waals surface area contributed by atoms with Crippen molar-refractivity contribution in [2.75, 3.05) is 0 Å². The minimum Gasteiger partial charge on any atom is -0.464 e. The third kappa shape index (κ3) is 3.28. The number of furan rings is 1. The fraction of sp³-hybridized carbons (Fsp3) is 0.250. The van der Waals surface area contributed by atoms with E-state index in [1.54, 1.807) is 17.6 Å². The molecule has 5 nitrogen and oxygen atoms in total. The first kappa shape index (κ1) is 14.6. The Morgan fingerprint density at radius 3 is 3.05 bits per heavy atom. The van der Waals surface area contributed by atoms with E-state index in [2.05, 4.69) is 15.6 Å². The van der Waals surface area contributed by atoms with E-state index in [4.69, 9.17) is 4.42 Å². The van der Waals surface area contributed by atoms with Gasteiger partial charge in [0.2, 0.25) is 0 Å². The van der Waals surface area contributed by atoms with Gasteiger partial charge in [0.25, 0.3) is 0 Å². The molecule has 2 N–H and O–H groups in total. The monoisotopic (exact) mass is 315 g/mol. The summed E-state index contributed by atoms with van der Waals surface area (Å²) in [4.78, 5) is 16.3. The molecule has 3 aromatic rings. The second-order valence-electron chi connectivity index (χ2n) is 5.13. The molecule has 114 valence electrons. The Kier molecular flexibility index (Phi) is 4.11. The standard InChI is InChI=1S/C16H17N3O2S/c1-10(14-9-22-11(2)19-14)18-16(20)17-8-12-3-4-15-13(7-12)5-6-21-15/h3-7,9-10H,8H2,1-2H3,(H2,17,18,20). The molecule has 0 aliphatic rings. The zero-order valence-corrected chi connectivity index (χ0v) is 13.2. The minimum atomic E-state index is -0.203. The molecule has 0 aliphatic carbocycles. The van der Waals surface area contributed by atoms with Crippen LogP contribution >= 0.6 is 11.3 Å². The van der Waals surface area contributed by atoms with E-state index >= 15 is 0 Å². The molecule has 0 spiro atoms. The number of thiazole rings is 1. The molecule has 6 heteroatoms. The number of carbonyl (C=O) groups is 1. The van der Waals surface area contributed by atoms with Crippen molar-refractivity contribution in [3.63, 3.8) is 0 Å². The Labute approximate surface area is 132 Å². The topological polar surface area (TPSA) is 67.2 Å². The second-order valence-corrected chi connectivity index (χ2v) is 6.20. The molecule has 2 aromatic heterocycles. The molecule has 2 amide bonds. The van der Waals surface area contributed by atoms with Gasteiger partial charge in [-0.25, -0.2) is 9.78 Å². The van der Waals surface area contributed by atoms with Crippen molar-refractivity contribution >= 4 is 28.3 Å². The molecule has 22 heavy (non-hydrogen) atoms. The molecule has 1 unspecified atom stereocenters. The van der Waals surface area contributed by atoms with Crippen molar-refractivity contribution in [3.05, 3.63) is 52.2 Å². The van der Waals surface area contributed by atoms with Gasteiger partial charge in [-0.05, 0) is 37.6 Å². The van der Waals surface area contributed by atoms with Crippen LogP contribution in [0, 0.1) is 6.92 Å². The highest BCUT2D eigenvalue weighted by Crippen LogP contribution is 2.17. The molecule has 0 saturated carbocycles. The van der Waals surface area contributed by atoms with E-state index in [0.29, 0.717) is 6.54 Å². The van der Waals surface area contributed by atoms with Crippen LogP contribution in [0.3, 0.4) is 0 Å². The molecule has 0 fully saturated rings. The lowest BCUT2D eigenvalue weighted by atomic mass is 10.1. The summed E-state index contributed by atoms with van der Waals surface area (Å²) in [6.07, 6.45) is 1.66. The number of nitrogens with one attached hydrogen (secondary N) is 2. The lowest BCUT2D eigenvalue weighted by Gasteiger charge is -2.12. The number of carbonyl (C=O) groups excluding carboxylic acids is 1. The summed E-state index contributed by atoms with van der Waals surface area (Å²) in [6, 6.07) is 7.45. The van der Waals surface area contributed by atoms with Crippen molar-refractivity contribution in [2.24, 2.45) is 0 Å². The summed E-state index contributed by atoms with van der Waals surface area (Å²) in [5.41, 5.74) is 2.76. The summed E-state index contributed by atoms with van der Waals surface area (Å²) in [6.45, 7) is 4.34. The van der Waals surface area contributed by atoms with E-state index in [9.17, 15) is 4.79 Å². The maximum absolute atomic E-state index is 12.0. The van der Waals surface area contributed by atoms with Crippen LogP contribution in [0.5, 0.6) is 0 Å². The zero-order chi connectivity index (χ0) is 15.5. The van der Waals surface area contributed by atoms with E-state index in [-0.39, 0.29) is 12.1 Å². The SMILES string of the molecule is Cc1nc(C(C)NC(=O)NCc2ccc3occc3c2)cs1. The lowest BCUT2D eigenvalue weighted by Crippen LogP contribution is -2.36. The fourth-order valence-electron chi connectivity index (χ4n) is 2.21. The van der Waals surface area contributed by atoms with Crippen molar-refractivity contribution < 1.29 is 9.21 Å². The number of urea groups is 1. The first-order chi connectivity index (χ1) is 10.6. The third-order valence-electron chi connectivity index (χ3n) is 3.40. The zero-order valence-electron chi connectivity index (χ0n) is 12.4. The Hall–Kier alpha value is -2.34. The summed E-state index contributed by atoms with van der Waals surface area (Å²) >= 11 is 1.58. The first-order valence-electron chi connectivity index (χ1n) is 7.04. The Morgan fingerprint density at radius 1 is 1.41 bits per heavy atom. The molecular formula is C16H17N3O2S. The number of hydrogen-bond donors (Lipinski definition) is 2. The second kappa shape index (κ2) is 6.19. The highest BCUT2D eigenvalue weighted by atomic mass is 32.1. The van der Waals surface area contributed by atoms with Crippen LogP contribution in [0.25, 0.3) is 11.0 Å². The first-order valence-corrected chi connectivity index (χ1v) is 7.92. The summed E-state index contributed by atoms with van der Waals surface area (Å²) in [5.74, 6) is 0. The molecule has 1 atom stereocenters. The smallest absolute Gasteiger partial charge is 0.315 e. The molecule has 0 bridgehead atoms. The van der Waals surface area contributed by atoms with E-state index in [1.165, 1.54) is 0 Å². The van der Waals surface area contributed by atoms with E-state index in [0.717, 1.165) is 27.2 Å². The lowest BCUT2D eigenvalue weighted by molar-refractivity contribution is 0.237. The van der Waals surface area contributed by atoms with Crippen LogP contribution in [0.4, 0.5) is 4.79 Å². The highest BCUT2D eigenvalue weighted by Gasteiger charge is 2.11. The number of aryl methyl sites for hydroxylation is 1. The van der Waals surface area contributed by atoms with Gasteiger partial charge in [-0.15, -0.1) is 11.3 Å². The molecular weight excluding hydrogens is 298 g/mol.